The van der Waals surface area contributed by atoms with Crippen LogP contribution >= 0.6 is 11.8 Å². The summed E-state index contributed by atoms with van der Waals surface area (Å²) in [5.41, 5.74) is -3.66. The van der Waals surface area contributed by atoms with Crippen LogP contribution in [0.2, 0.25) is 0 Å². The Morgan fingerprint density at radius 2 is 2.20 bits per heavy atom. The van der Waals surface area contributed by atoms with Crippen molar-refractivity contribution in [3.63, 3.8) is 0 Å². The summed E-state index contributed by atoms with van der Waals surface area (Å²) in [5, 5.41) is 10.9. The van der Waals surface area contributed by atoms with Gasteiger partial charge in [-0.15, -0.1) is 0 Å². The number of carbonyl (C=O) groups is 1. The van der Waals surface area contributed by atoms with Crippen LogP contribution in [0.4, 0.5) is 13.2 Å². The van der Waals surface area contributed by atoms with Gasteiger partial charge in [-0.1, -0.05) is 11.8 Å². The molecule has 0 aliphatic carbocycles. The molecule has 0 atom stereocenters. The van der Waals surface area contributed by atoms with Gasteiger partial charge in [0.1, 0.15) is 6.61 Å². The highest BCUT2D eigenvalue weighted by molar-refractivity contribution is 8.00. The van der Waals surface area contributed by atoms with Crippen molar-refractivity contribution in [1.82, 2.24) is 10.3 Å². The van der Waals surface area contributed by atoms with Crippen LogP contribution in [0.3, 0.4) is 0 Å². The second-order valence-corrected chi connectivity index (χ2v) is 4.63. The maximum Gasteiger partial charge on any atom is 0.441 e. The lowest BCUT2D eigenvalue weighted by molar-refractivity contribution is -0.0327. The summed E-state index contributed by atoms with van der Waals surface area (Å²) in [6, 6.07) is 1.45. The van der Waals surface area contributed by atoms with Gasteiger partial charge >= 0.3 is 5.51 Å². The van der Waals surface area contributed by atoms with E-state index in [2.05, 4.69) is 22.1 Å². The van der Waals surface area contributed by atoms with Gasteiger partial charge in [0, 0.05) is 30.3 Å². The number of pyridine rings is 1. The fraction of sp³-hybridized carbons (Fsp3) is 0.333. The number of carbonyl (C=O) groups excluding carboxylic acids is 1. The molecule has 0 spiro atoms. The molecule has 0 unspecified atom stereocenters. The molecule has 0 aliphatic heterocycles. The van der Waals surface area contributed by atoms with Crippen LogP contribution < -0.4 is 5.32 Å². The third-order valence-corrected chi connectivity index (χ3v) is 2.70. The quantitative estimate of drug-likeness (QED) is 0.652. The fourth-order valence-electron chi connectivity index (χ4n) is 1.21. The molecule has 1 heterocycles. The van der Waals surface area contributed by atoms with Crippen LogP contribution in [0.5, 0.6) is 0 Å². The second-order valence-electron chi connectivity index (χ2n) is 3.47. The maximum absolute atomic E-state index is 11.9. The van der Waals surface area contributed by atoms with Gasteiger partial charge in [0.2, 0.25) is 0 Å². The molecular formula is C12H11F3N2O2S. The summed E-state index contributed by atoms with van der Waals surface area (Å²) >= 11 is -0.195. The molecule has 4 nitrogen and oxygen atoms in total. The predicted octanol–water partition coefficient (Wildman–Crippen LogP) is 1.41. The summed E-state index contributed by atoms with van der Waals surface area (Å²) in [4.78, 5) is 15.5. The van der Waals surface area contributed by atoms with Gasteiger partial charge in [0.15, 0.2) is 0 Å². The predicted molar refractivity (Wildman–Crippen MR) is 69.0 cm³/mol. The Balaban J connectivity index is 2.51. The topological polar surface area (TPSA) is 62.2 Å². The highest BCUT2D eigenvalue weighted by Crippen LogP contribution is 2.29. The molecule has 0 bridgehead atoms. The highest BCUT2D eigenvalue weighted by atomic mass is 32.2. The third kappa shape index (κ3) is 6.45. The zero-order valence-electron chi connectivity index (χ0n) is 10.2. The number of nitrogens with zero attached hydrogens (tertiary/aromatic N) is 1. The van der Waals surface area contributed by atoms with E-state index in [-0.39, 0.29) is 36.2 Å². The van der Waals surface area contributed by atoms with E-state index >= 15 is 0 Å². The normalized spacial score (nSPS) is 10.6. The minimum Gasteiger partial charge on any atom is -0.384 e. The van der Waals surface area contributed by atoms with Gasteiger partial charge in [0.05, 0.1) is 5.56 Å². The Kier molecular flexibility index (Phi) is 6.35. The Bertz CT molecular complexity index is 523. The molecule has 1 aromatic rings. The highest BCUT2D eigenvalue weighted by Gasteiger charge is 2.27. The minimum atomic E-state index is -4.30. The van der Waals surface area contributed by atoms with E-state index in [1.807, 2.05) is 0 Å². The van der Waals surface area contributed by atoms with E-state index in [1.165, 1.54) is 18.5 Å². The van der Waals surface area contributed by atoms with Gasteiger partial charge < -0.3 is 10.4 Å². The second kappa shape index (κ2) is 7.77. The van der Waals surface area contributed by atoms with Gasteiger partial charge in [-0.2, -0.15) is 13.2 Å². The molecule has 0 radical (unpaired) electrons. The van der Waals surface area contributed by atoms with Crippen molar-refractivity contribution in [2.45, 2.75) is 5.51 Å². The van der Waals surface area contributed by atoms with E-state index in [0.717, 1.165) is 0 Å². The number of hydrogen-bond acceptors (Lipinski definition) is 4. The molecule has 0 aromatic carbocycles. The molecule has 1 rings (SSSR count). The average molecular weight is 304 g/mol. The monoisotopic (exact) mass is 304 g/mol. The Labute approximate surface area is 117 Å². The van der Waals surface area contributed by atoms with Crippen LogP contribution in [-0.4, -0.2) is 40.4 Å². The number of aromatic nitrogens is 1. The summed E-state index contributed by atoms with van der Waals surface area (Å²) in [7, 11) is 0. The van der Waals surface area contributed by atoms with E-state index in [0.29, 0.717) is 5.56 Å². The minimum absolute atomic E-state index is 0.102. The first kappa shape index (κ1) is 16.3. The van der Waals surface area contributed by atoms with Crippen molar-refractivity contribution in [3.05, 3.63) is 29.6 Å². The standard InChI is InChI=1S/C12H11F3N2O2S/c13-12(14,15)20-5-3-17-11(19)10-6-9(2-1-4-18)7-16-8-10/h6-8,18H,3-5H2,(H,17,19). The van der Waals surface area contributed by atoms with Crippen LogP contribution in [0.1, 0.15) is 15.9 Å². The first-order valence-corrected chi connectivity index (χ1v) is 6.44. The van der Waals surface area contributed by atoms with Crippen molar-refractivity contribution in [2.75, 3.05) is 18.9 Å². The maximum atomic E-state index is 11.9. The van der Waals surface area contributed by atoms with Gasteiger partial charge in [-0.05, 0) is 17.8 Å². The molecule has 0 saturated heterocycles. The first-order chi connectivity index (χ1) is 9.42. The molecule has 8 heteroatoms. The van der Waals surface area contributed by atoms with Crippen molar-refractivity contribution in [1.29, 1.82) is 0 Å². The van der Waals surface area contributed by atoms with Gasteiger partial charge in [0.25, 0.3) is 5.91 Å². The molecular weight excluding hydrogens is 293 g/mol. The number of thioether (sulfide) groups is 1. The van der Waals surface area contributed by atoms with Crippen LogP contribution in [0, 0.1) is 11.8 Å². The van der Waals surface area contributed by atoms with E-state index < -0.39 is 11.4 Å². The number of halogens is 3. The first-order valence-electron chi connectivity index (χ1n) is 5.46. The lowest BCUT2D eigenvalue weighted by Gasteiger charge is -2.07. The van der Waals surface area contributed by atoms with E-state index in [4.69, 9.17) is 5.11 Å². The molecule has 2 N–H and O–H groups in total. The smallest absolute Gasteiger partial charge is 0.384 e. The van der Waals surface area contributed by atoms with Gasteiger partial charge in [-0.25, -0.2) is 0 Å². The number of nitrogens with one attached hydrogen (secondary N) is 1. The molecule has 0 fully saturated rings. The Morgan fingerprint density at radius 3 is 2.85 bits per heavy atom. The number of aliphatic hydroxyl groups excluding tert-OH is 1. The molecule has 1 aromatic heterocycles. The zero-order chi connectivity index (χ0) is 15.0. The van der Waals surface area contributed by atoms with Crippen LogP contribution in [0.25, 0.3) is 0 Å². The molecule has 108 valence electrons. The molecule has 1 amide bonds. The molecule has 0 aliphatic rings. The molecule has 0 saturated carbocycles. The van der Waals surface area contributed by atoms with Crippen molar-refractivity contribution in [2.24, 2.45) is 0 Å². The molecule has 20 heavy (non-hydrogen) atoms. The van der Waals surface area contributed by atoms with Crippen LogP contribution in [0.15, 0.2) is 18.5 Å². The Hall–Kier alpha value is -1.72. The number of hydrogen-bond donors (Lipinski definition) is 2. The third-order valence-electron chi connectivity index (χ3n) is 1.97. The SMILES string of the molecule is O=C(NCCSC(F)(F)F)c1cncc(C#CCO)c1. The fourth-order valence-corrected chi connectivity index (χ4v) is 1.64. The van der Waals surface area contributed by atoms with E-state index in [9.17, 15) is 18.0 Å². The summed E-state index contributed by atoms with van der Waals surface area (Å²) < 4.78 is 35.6. The largest absolute Gasteiger partial charge is 0.441 e. The van der Waals surface area contributed by atoms with Gasteiger partial charge in [-0.3, -0.25) is 9.78 Å². The lowest BCUT2D eigenvalue weighted by Crippen LogP contribution is -2.26. The Morgan fingerprint density at radius 1 is 1.45 bits per heavy atom. The summed E-state index contributed by atoms with van der Waals surface area (Å²) in [5.74, 6) is 4.21. The number of amides is 1. The van der Waals surface area contributed by atoms with Crippen molar-refractivity contribution >= 4 is 17.7 Å². The average Bonchev–Trinajstić information content (AvgIpc) is 2.40. The number of aliphatic hydroxyl groups is 1. The number of rotatable bonds is 4. The zero-order valence-corrected chi connectivity index (χ0v) is 11.0. The lowest BCUT2D eigenvalue weighted by atomic mass is 10.2. The number of alkyl halides is 3. The summed E-state index contributed by atoms with van der Waals surface area (Å²) in [6.07, 6.45) is 2.70. The van der Waals surface area contributed by atoms with Crippen LogP contribution in [-0.2, 0) is 0 Å². The van der Waals surface area contributed by atoms with Crippen molar-refractivity contribution < 1.29 is 23.1 Å². The summed E-state index contributed by atoms with van der Waals surface area (Å²) in [6.45, 7) is -0.416. The van der Waals surface area contributed by atoms with E-state index in [1.54, 1.807) is 0 Å². The van der Waals surface area contributed by atoms with Crippen molar-refractivity contribution in [3.8, 4) is 11.8 Å².